The monoisotopic (exact) mass is 261 g/mol. The van der Waals surface area contributed by atoms with Gasteiger partial charge in [0.25, 0.3) is 0 Å². The molecule has 0 radical (unpaired) electrons. The largest absolute Gasteiger partial charge is 0.492 e. The van der Waals surface area contributed by atoms with Gasteiger partial charge in [-0.05, 0) is 36.2 Å². The maximum absolute atomic E-state index is 10.8. The molecule has 0 aliphatic rings. The van der Waals surface area contributed by atoms with Crippen molar-refractivity contribution in [2.45, 2.75) is 13.5 Å². The fraction of sp³-hybridized carbons (Fsp3) is 0.364. The molecule has 0 saturated heterocycles. The lowest BCUT2D eigenvalue weighted by Crippen LogP contribution is -2.19. The maximum Gasteiger partial charge on any atom is 0.316 e. The van der Waals surface area contributed by atoms with Crippen molar-refractivity contribution in [2.24, 2.45) is 0 Å². The summed E-state index contributed by atoms with van der Waals surface area (Å²) in [4.78, 5) is 12.2. The fourth-order valence-corrected chi connectivity index (χ4v) is 1.57. The number of carbonyl (C=O) groups is 1. The van der Waals surface area contributed by atoms with Gasteiger partial charge >= 0.3 is 5.37 Å². The Kier molecular flexibility index (Phi) is 4.90. The highest BCUT2D eigenvalue weighted by Crippen LogP contribution is 2.25. The van der Waals surface area contributed by atoms with Crippen molar-refractivity contribution in [1.82, 2.24) is 4.90 Å². The lowest BCUT2D eigenvalue weighted by molar-refractivity contribution is 0.230. The van der Waals surface area contributed by atoms with E-state index in [1.54, 1.807) is 19.2 Å². The fourth-order valence-electron chi connectivity index (χ4n) is 1.25. The number of hydrogen-bond acceptors (Lipinski definition) is 2. The molecule has 3 nitrogen and oxygen atoms in total. The first kappa shape index (κ1) is 13.1. The Labute approximate surface area is 105 Å². The lowest BCUT2D eigenvalue weighted by atomic mass is 10.2. The van der Waals surface area contributed by atoms with E-state index in [0.717, 1.165) is 5.56 Å². The number of ether oxygens (including phenoxy) is 1. The molecule has 0 spiro atoms. The maximum atomic E-state index is 10.8. The molecule has 0 aliphatic carbocycles. The van der Waals surface area contributed by atoms with Crippen LogP contribution in [0.3, 0.4) is 0 Å². The van der Waals surface area contributed by atoms with Crippen LogP contribution >= 0.6 is 23.2 Å². The standard InChI is InChI=1S/C11H13Cl2NO2/c1-3-16-10-5-4-8(6-9(10)12)7-14(2)11(13)15/h4-6H,3,7H2,1-2H3. The minimum Gasteiger partial charge on any atom is -0.492 e. The molecule has 0 fully saturated rings. The molecule has 16 heavy (non-hydrogen) atoms. The van der Waals surface area contributed by atoms with Crippen molar-refractivity contribution in [3.05, 3.63) is 28.8 Å². The Morgan fingerprint density at radius 2 is 2.19 bits per heavy atom. The topological polar surface area (TPSA) is 29.5 Å². The van der Waals surface area contributed by atoms with Crippen LogP contribution in [-0.2, 0) is 6.54 Å². The van der Waals surface area contributed by atoms with E-state index in [2.05, 4.69) is 0 Å². The quantitative estimate of drug-likeness (QED) is 0.613. The van der Waals surface area contributed by atoms with Crippen LogP contribution in [0.1, 0.15) is 12.5 Å². The molecule has 0 unspecified atom stereocenters. The molecule has 0 bridgehead atoms. The van der Waals surface area contributed by atoms with Gasteiger partial charge in [-0.2, -0.15) is 0 Å². The molecule has 1 aromatic rings. The molecule has 1 rings (SSSR count). The van der Waals surface area contributed by atoms with Crippen molar-refractivity contribution >= 4 is 28.6 Å². The van der Waals surface area contributed by atoms with Gasteiger partial charge in [0, 0.05) is 13.6 Å². The first-order valence-electron chi connectivity index (χ1n) is 4.86. The summed E-state index contributed by atoms with van der Waals surface area (Å²) in [5.41, 5.74) is 0.907. The van der Waals surface area contributed by atoms with Crippen LogP contribution in [0.2, 0.25) is 5.02 Å². The predicted molar refractivity (Wildman–Crippen MR) is 65.3 cm³/mol. The molecular formula is C11H13Cl2NO2. The van der Waals surface area contributed by atoms with Crippen LogP contribution in [0.15, 0.2) is 18.2 Å². The van der Waals surface area contributed by atoms with Crippen molar-refractivity contribution in [3.63, 3.8) is 0 Å². The molecule has 88 valence electrons. The van der Waals surface area contributed by atoms with Crippen molar-refractivity contribution < 1.29 is 9.53 Å². The molecule has 0 N–H and O–H groups in total. The first-order valence-corrected chi connectivity index (χ1v) is 5.62. The number of halogens is 2. The number of carbonyl (C=O) groups excluding carboxylic acids is 1. The van der Waals surface area contributed by atoms with E-state index in [-0.39, 0.29) is 0 Å². The highest BCUT2D eigenvalue weighted by atomic mass is 35.5. The summed E-state index contributed by atoms with van der Waals surface area (Å²) in [5, 5.41) is 0.0415. The Hall–Kier alpha value is -0.930. The van der Waals surface area contributed by atoms with E-state index >= 15 is 0 Å². The average Bonchev–Trinajstić information content (AvgIpc) is 2.22. The summed E-state index contributed by atoms with van der Waals surface area (Å²) in [6.07, 6.45) is 0. The summed E-state index contributed by atoms with van der Waals surface area (Å²) in [6, 6.07) is 5.41. The Morgan fingerprint density at radius 1 is 1.50 bits per heavy atom. The number of rotatable bonds is 4. The zero-order chi connectivity index (χ0) is 12.1. The third-order valence-electron chi connectivity index (χ3n) is 2.02. The van der Waals surface area contributed by atoms with E-state index in [0.29, 0.717) is 23.9 Å². The number of hydrogen-bond donors (Lipinski definition) is 0. The Bertz CT molecular complexity index is 382. The summed E-state index contributed by atoms with van der Waals surface area (Å²) in [7, 11) is 1.62. The zero-order valence-electron chi connectivity index (χ0n) is 9.17. The molecule has 0 atom stereocenters. The Balaban J connectivity index is 2.77. The van der Waals surface area contributed by atoms with Gasteiger partial charge in [0.2, 0.25) is 0 Å². The van der Waals surface area contributed by atoms with E-state index in [1.807, 2.05) is 13.0 Å². The second kappa shape index (κ2) is 5.97. The zero-order valence-corrected chi connectivity index (χ0v) is 10.7. The minimum absolute atomic E-state index is 0.425. The normalized spacial score (nSPS) is 10.0. The van der Waals surface area contributed by atoms with Gasteiger partial charge in [-0.15, -0.1) is 0 Å². The van der Waals surface area contributed by atoms with Crippen LogP contribution in [0.5, 0.6) is 5.75 Å². The number of nitrogens with zero attached hydrogens (tertiary/aromatic N) is 1. The smallest absolute Gasteiger partial charge is 0.316 e. The van der Waals surface area contributed by atoms with E-state index in [1.165, 1.54) is 4.90 Å². The van der Waals surface area contributed by atoms with Crippen LogP contribution in [-0.4, -0.2) is 23.9 Å². The molecule has 5 heteroatoms. The third-order valence-corrected chi connectivity index (χ3v) is 2.60. The lowest BCUT2D eigenvalue weighted by Gasteiger charge is -2.14. The van der Waals surface area contributed by atoms with Crippen molar-refractivity contribution in [3.8, 4) is 5.75 Å². The van der Waals surface area contributed by atoms with Gasteiger partial charge in [-0.3, -0.25) is 4.79 Å². The van der Waals surface area contributed by atoms with Gasteiger partial charge in [0.05, 0.1) is 11.6 Å². The molecule has 1 amide bonds. The van der Waals surface area contributed by atoms with Gasteiger partial charge in [0.1, 0.15) is 5.75 Å². The van der Waals surface area contributed by atoms with Crippen LogP contribution < -0.4 is 4.74 Å². The summed E-state index contributed by atoms with van der Waals surface area (Å²) in [5.74, 6) is 0.646. The molecule has 0 aromatic heterocycles. The Morgan fingerprint density at radius 3 is 2.69 bits per heavy atom. The van der Waals surface area contributed by atoms with E-state index in [4.69, 9.17) is 27.9 Å². The SMILES string of the molecule is CCOc1ccc(CN(C)C(=O)Cl)cc1Cl. The van der Waals surface area contributed by atoms with Gasteiger partial charge in [0.15, 0.2) is 0 Å². The van der Waals surface area contributed by atoms with Gasteiger partial charge in [-0.1, -0.05) is 17.7 Å². The van der Waals surface area contributed by atoms with Crippen LogP contribution in [0, 0.1) is 0 Å². The van der Waals surface area contributed by atoms with E-state index in [9.17, 15) is 4.79 Å². The number of benzene rings is 1. The summed E-state index contributed by atoms with van der Waals surface area (Å²) >= 11 is 11.3. The second-order valence-corrected chi connectivity index (χ2v) is 4.04. The molecule has 1 aromatic carbocycles. The van der Waals surface area contributed by atoms with Crippen molar-refractivity contribution in [2.75, 3.05) is 13.7 Å². The van der Waals surface area contributed by atoms with Crippen LogP contribution in [0.4, 0.5) is 4.79 Å². The summed E-state index contributed by atoms with van der Waals surface area (Å²) in [6.45, 7) is 2.89. The van der Waals surface area contributed by atoms with Gasteiger partial charge in [-0.25, -0.2) is 0 Å². The third kappa shape index (κ3) is 3.58. The predicted octanol–water partition coefficient (Wildman–Crippen LogP) is 3.53. The van der Waals surface area contributed by atoms with Crippen molar-refractivity contribution in [1.29, 1.82) is 0 Å². The van der Waals surface area contributed by atoms with E-state index < -0.39 is 5.37 Å². The molecule has 0 aliphatic heterocycles. The first-order chi connectivity index (χ1) is 7.54. The summed E-state index contributed by atoms with van der Waals surface area (Å²) < 4.78 is 5.31. The number of amides is 1. The van der Waals surface area contributed by atoms with Crippen LogP contribution in [0.25, 0.3) is 0 Å². The second-order valence-electron chi connectivity index (χ2n) is 3.31. The minimum atomic E-state index is -0.495. The van der Waals surface area contributed by atoms with Gasteiger partial charge < -0.3 is 9.64 Å². The molecular weight excluding hydrogens is 249 g/mol. The molecule has 0 heterocycles. The highest BCUT2D eigenvalue weighted by Gasteiger charge is 2.07. The average molecular weight is 262 g/mol. The highest BCUT2D eigenvalue weighted by molar-refractivity contribution is 6.62. The molecule has 0 saturated carbocycles.